The molecule has 1 aliphatic heterocycles. The molecule has 162 valence electrons. The van der Waals surface area contributed by atoms with E-state index >= 15 is 0 Å². The molecule has 2 aromatic carbocycles. The number of morpholine rings is 1. The third kappa shape index (κ3) is 5.31. The molecule has 0 saturated carbocycles. The summed E-state index contributed by atoms with van der Waals surface area (Å²) < 4.78 is 5.41. The van der Waals surface area contributed by atoms with Crippen molar-refractivity contribution >= 4 is 29.0 Å². The van der Waals surface area contributed by atoms with Crippen LogP contribution in [0.15, 0.2) is 48.5 Å². The lowest BCUT2D eigenvalue weighted by molar-refractivity contribution is 0.0398. The Morgan fingerprint density at radius 3 is 2.55 bits per heavy atom. The van der Waals surface area contributed by atoms with Gasteiger partial charge >= 0.3 is 0 Å². The zero-order valence-corrected chi connectivity index (χ0v) is 18.9. The smallest absolute Gasteiger partial charge is 0.127 e. The van der Waals surface area contributed by atoms with E-state index in [1.807, 2.05) is 49.4 Å². The molecule has 0 atom stereocenters. The number of aryl methyl sites for hydroxylation is 1. The molecule has 2 N–H and O–H groups in total. The Hall–Kier alpha value is -2.31. The molecule has 2 heterocycles. The second kappa shape index (κ2) is 9.88. The van der Waals surface area contributed by atoms with Gasteiger partial charge in [0.05, 0.1) is 18.9 Å². The summed E-state index contributed by atoms with van der Waals surface area (Å²) >= 11 is 13.0. The van der Waals surface area contributed by atoms with Crippen LogP contribution in [-0.2, 0) is 4.74 Å². The van der Waals surface area contributed by atoms with E-state index < -0.39 is 0 Å². The molecule has 0 spiro atoms. The van der Waals surface area contributed by atoms with Crippen molar-refractivity contribution in [2.75, 3.05) is 44.7 Å². The molecule has 1 saturated heterocycles. The largest absolute Gasteiger partial charge is 0.507 e. The Morgan fingerprint density at radius 2 is 1.81 bits per heavy atom. The first kappa shape index (κ1) is 21.9. The number of pyridine rings is 1. The van der Waals surface area contributed by atoms with Crippen LogP contribution < -0.4 is 5.32 Å². The summed E-state index contributed by atoms with van der Waals surface area (Å²) in [4.78, 5) is 7.13. The van der Waals surface area contributed by atoms with Gasteiger partial charge < -0.3 is 15.2 Å². The number of nitrogens with one attached hydrogen (secondary N) is 1. The molecule has 31 heavy (non-hydrogen) atoms. The van der Waals surface area contributed by atoms with Crippen molar-refractivity contribution in [2.24, 2.45) is 0 Å². The van der Waals surface area contributed by atoms with Gasteiger partial charge in [-0.05, 0) is 48.9 Å². The fourth-order valence-corrected chi connectivity index (χ4v) is 4.31. The maximum Gasteiger partial charge on any atom is 0.127 e. The lowest BCUT2D eigenvalue weighted by atomic mass is 10.0. The van der Waals surface area contributed by atoms with Crippen LogP contribution in [0, 0.1) is 6.92 Å². The van der Waals surface area contributed by atoms with Crippen LogP contribution >= 0.6 is 23.2 Å². The molecule has 0 radical (unpaired) electrons. The summed E-state index contributed by atoms with van der Waals surface area (Å²) in [6.07, 6.45) is 0. The Morgan fingerprint density at radius 1 is 1.06 bits per heavy atom. The number of phenolic OH excluding ortho intramolecular Hbond substituents is 1. The number of phenols is 1. The van der Waals surface area contributed by atoms with E-state index in [-0.39, 0.29) is 5.75 Å². The molecular weight excluding hydrogens is 433 g/mol. The molecule has 0 unspecified atom stereocenters. The quantitative estimate of drug-likeness (QED) is 0.512. The molecule has 3 aromatic rings. The number of ether oxygens (including phenoxy) is 1. The highest BCUT2D eigenvalue weighted by atomic mass is 35.5. The third-order valence-electron chi connectivity index (χ3n) is 5.34. The number of aromatic nitrogens is 1. The molecule has 1 aromatic heterocycles. The van der Waals surface area contributed by atoms with Gasteiger partial charge in [0.15, 0.2) is 0 Å². The number of halogens is 2. The molecular formula is C24H25Cl2N3O2. The van der Waals surface area contributed by atoms with Crippen LogP contribution in [0.3, 0.4) is 0 Å². The summed E-state index contributed by atoms with van der Waals surface area (Å²) in [5.74, 6) is 0.887. The first-order valence-electron chi connectivity index (χ1n) is 10.3. The maximum absolute atomic E-state index is 10.5. The minimum atomic E-state index is 0.180. The summed E-state index contributed by atoms with van der Waals surface area (Å²) in [7, 11) is 0. The van der Waals surface area contributed by atoms with Gasteiger partial charge in [-0.15, -0.1) is 0 Å². The van der Waals surface area contributed by atoms with Gasteiger partial charge in [0.2, 0.25) is 0 Å². The van der Waals surface area contributed by atoms with Gasteiger partial charge in [0.1, 0.15) is 11.6 Å². The van der Waals surface area contributed by atoms with Crippen molar-refractivity contribution in [1.29, 1.82) is 0 Å². The van der Waals surface area contributed by atoms with Crippen LogP contribution in [0.4, 0.5) is 5.82 Å². The average molecular weight is 458 g/mol. The van der Waals surface area contributed by atoms with Crippen molar-refractivity contribution in [3.8, 4) is 28.1 Å². The number of anilines is 1. The Bertz CT molecular complexity index is 1050. The number of hydrogen-bond acceptors (Lipinski definition) is 5. The molecule has 4 rings (SSSR count). The molecule has 0 bridgehead atoms. The maximum atomic E-state index is 10.5. The van der Waals surface area contributed by atoms with E-state index in [4.69, 9.17) is 32.9 Å². The number of rotatable bonds is 6. The van der Waals surface area contributed by atoms with Gasteiger partial charge in [-0.1, -0.05) is 40.9 Å². The Balaban J connectivity index is 1.69. The molecule has 5 nitrogen and oxygen atoms in total. The second-order valence-corrected chi connectivity index (χ2v) is 8.44. The van der Waals surface area contributed by atoms with Gasteiger partial charge in [-0.25, -0.2) is 4.98 Å². The predicted octanol–water partition coefficient (Wildman–Crippen LogP) is 5.48. The topological polar surface area (TPSA) is 57.6 Å². The molecule has 0 amide bonds. The highest BCUT2D eigenvalue weighted by Gasteiger charge is 2.15. The van der Waals surface area contributed by atoms with Gasteiger partial charge in [-0.2, -0.15) is 0 Å². The van der Waals surface area contributed by atoms with E-state index in [0.717, 1.165) is 56.1 Å². The van der Waals surface area contributed by atoms with Crippen molar-refractivity contribution in [1.82, 2.24) is 9.88 Å². The van der Waals surface area contributed by atoms with Crippen molar-refractivity contribution in [2.45, 2.75) is 6.92 Å². The Labute approximate surface area is 192 Å². The fourth-order valence-electron chi connectivity index (χ4n) is 3.70. The number of nitrogens with zero attached hydrogens (tertiary/aromatic N) is 2. The first-order chi connectivity index (χ1) is 15.0. The van der Waals surface area contributed by atoms with E-state index in [1.165, 1.54) is 0 Å². The van der Waals surface area contributed by atoms with Crippen LogP contribution in [-0.4, -0.2) is 54.4 Å². The molecule has 7 heteroatoms. The van der Waals surface area contributed by atoms with Gasteiger partial charge in [-0.3, -0.25) is 4.90 Å². The van der Waals surface area contributed by atoms with E-state index in [0.29, 0.717) is 27.1 Å². The number of benzene rings is 2. The van der Waals surface area contributed by atoms with Crippen LogP contribution in [0.25, 0.3) is 22.4 Å². The van der Waals surface area contributed by atoms with E-state index in [1.54, 1.807) is 6.07 Å². The summed E-state index contributed by atoms with van der Waals surface area (Å²) in [6.45, 7) is 7.04. The minimum Gasteiger partial charge on any atom is -0.507 e. The van der Waals surface area contributed by atoms with Crippen LogP contribution in [0.2, 0.25) is 10.0 Å². The normalized spacial score (nSPS) is 14.5. The monoisotopic (exact) mass is 457 g/mol. The number of aromatic hydroxyl groups is 1. The average Bonchev–Trinajstić information content (AvgIpc) is 2.76. The van der Waals surface area contributed by atoms with Crippen LogP contribution in [0.1, 0.15) is 5.56 Å². The van der Waals surface area contributed by atoms with E-state index in [2.05, 4.69) is 10.2 Å². The predicted molar refractivity (Wildman–Crippen MR) is 127 cm³/mol. The van der Waals surface area contributed by atoms with Crippen molar-refractivity contribution < 1.29 is 9.84 Å². The molecule has 1 fully saturated rings. The SMILES string of the molecule is Cc1ccc(O)c(-c2cc(-c3c(Cl)cccc3Cl)cc(NCCN3CCOCC3)n2)c1. The van der Waals surface area contributed by atoms with Gasteiger partial charge in [0, 0.05) is 47.4 Å². The number of hydrogen-bond donors (Lipinski definition) is 2. The highest BCUT2D eigenvalue weighted by molar-refractivity contribution is 6.39. The summed E-state index contributed by atoms with van der Waals surface area (Å²) in [5, 5.41) is 15.0. The van der Waals surface area contributed by atoms with Crippen molar-refractivity contribution in [3.05, 3.63) is 64.1 Å². The lowest BCUT2D eigenvalue weighted by Crippen LogP contribution is -2.39. The summed E-state index contributed by atoms with van der Waals surface area (Å²) in [5.41, 5.74) is 3.95. The minimum absolute atomic E-state index is 0.180. The van der Waals surface area contributed by atoms with Crippen molar-refractivity contribution in [3.63, 3.8) is 0 Å². The second-order valence-electron chi connectivity index (χ2n) is 7.62. The first-order valence-corrected chi connectivity index (χ1v) is 11.1. The standard InChI is InChI=1S/C24H25Cl2N3O2/c1-16-5-6-22(30)18(13-16)21-14-17(24-19(25)3-2-4-20(24)26)15-23(28-21)27-7-8-29-9-11-31-12-10-29/h2-6,13-15,30H,7-12H2,1H3,(H,27,28). The summed E-state index contributed by atoms with van der Waals surface area (Å²) in [6, 6.07) is 14.8. The molecule has 0 aliphatic carbocycles. The fraction of sp³-hybridized carbons (Fsp3) is 0.292. The molecule has 1 aliphatic rings. The Kier molecular flexibility index (Phi) is 6.98. The lowest BCUT2D eigenvalue weighted by Gasteiger charge is -2.26. The zero-order valence-electron chi connectivity index (χ0n) is 17.4. The van der Waals surface area contributed by atoms with Gasteiger partial charge in [0.25, 0.3) is 0 Å². The third-order valence-corrected chi connectivity index (χ3v) is 5.97. The highest BCUT2D eigenvalue weighted by Crippen LogP contribution is 2.38. The zero-order chi connectivity index (χ0) is 21.8. The van der Waals surface area contributed by atoms with E-state index in [9.17, 15) is 5.11 Å². The van der Waals surface area contributed by atoms with Crippen LogP contribution in [0.5, 0.6) is 5.75 Å².